The third-order valence-corrected chi connectivity index (χ3v) is 4.51. The predicted molar refractivity (Wildman–Crippen MR) is 83.7 cm³/mol. The molecule has 0 amide bonds. The number of aromatic nitrogens is 3. The van der Waals surface area contributed by atoms with Crippen LogP contribution in [0.15, 0.2) is 21.7 Å². The van der Waals surface area contributed by atoms with Crippen molar-refractivity contribution in [2.24, 2.45) is 7.05 Å². The normalized spacial score (nSPS) is 15.4. The van der Waals surface area contributed by atoms with Crippen LogP contribution >= 0.6 is 0 Å². The van der Waals surface area contributed by atoms with E-state index in [9.17, 15) is 19.1 Å². The van der Waals surface area contributed by atoms with Gasteiger partial charge in [0.15, 0.2) is 11.6 Å². The molecular weight excluding hydrogens is 315 g/mol. The van der Waals surface area contributed by atoms with Gasteiger partial charge in [-0.3, -0.25) is 0 Å². The number of benzene rings is 1. The minimum absolute atomic E-state index is 0.0509. The van der Waals surface area contributed by atoms with Crippen LogP contribution in [-0.4, -0.2) is 19.0 Å². The molecule has 0 bridgehead atoms. The SMILES string of the molecule is Cn1c(=O)n(C2CCCCC2)c(=O)n1-c1cc(C#N)cc(F)c1O. The van der Waals surface area contributed by atoms with E-state index >= 15 is 0 Å². The second kappa shape index (κ2) is 6.00. The van der Waals surface area contributed by atoms with Gasteiger partial charge in [0.25, 0.3) is 0 Å². The number of rotatable bonds is 2. The number of hydrogen-bond donors (Lipinski definition) is 1. The zero-order chi connectivity index (χ0) is 17.4. The van der Waals surface area contributed by atoms with Crippen molar-refractivity contribution in [2.75, 3.05) is 0 Å². The van der Waals surface area contributed by atoms with Crippen LogP contribution in [0.2, 0.25) is 0 Å². The van der Waals surface area contributed by atoms with Crippen molar-refractivity contribution in [1.82, 2.24) is 13.9 Å². The van der Waals surface area contributed by atoms with Crippen molar-refractivity contribution >= 4 is 0 Å². The molecule has 0 aliphatic heterocycles. The topological polar surface area (TPSA) is 93.0 Å². The minimum atomic E-state index is -1.02. The third-order valence-electron chi connectivity index (χ3n) is 4.51. The summed E-state index contributed by atoms with van der Waals surface area (Å²) in [4.78, 5) is 25.3. The molecule has 1 saturated carbocycles. The lowest BCUT2D eigenvalue weighted by Gasteiger charge is -2.20. The van der Waals surface area contributed by atoms with E-state index in [2.05, 4.69) is 0 Å². The van der Waals surface area contributed by atoms with Crippen molar-refractivity contribution in [3.05, 3.63) is 44.5 Å². The van der Waals surface area contributed by atoms with Crippen LogP contribution in [0.4, 0.5) is 4.39 Å². The molecule has 8 heteroatoms. The van der Waals surface area contributed by atoms with Gasteiger partial charge in [0, 0.05) is 13.1 Å². The van der Waals surface area contributed by atoms with Gasteiger partial charge in [0.1, 0.15) is 5.69 Å². The Labute approximate surface area is 136 Å². The van der Waals surface area contributed by atoms with Gasteiger partial charge in [-0.05, 0) is 25.0 Å². The first-order valence-electron chi connectivity index (χ1n) is 7.79. The van der Waals surface area contributed by atoms with Gasteiger partial charge >= 0.3 is 11.4 Å². The van der Waals surface area contributed by atoms with Gasteiger partial charge in [-0.25, -0.2) is 23.2 Å². The van der Waals surface area contributed by atoms with E-state index in [0.29, 0.717) is 0 Å². The molecule has 2 aromatic rings. The second-order valence-corrected chi connectivity index (χ2v) is 6.00. The molecule has 1 fully saturated rings. The highest BCUT2D eigenvalue weighted by Gasteiger charge is 2.25. The van der Waals surface area contributed by atoms with Crippen LogP contribution in [0.5, 0.6) is 5.75 Å². The molecule has 1 N–H and O–H groups in total. The fraction of sp³-hybridized carbons (Fsp3) is 0.438. The number of nitrogens with zero attached hydrogens (tertiary/aromatic N) is 4. The van der Waals surface area contributed by atoms with E-state index in [1.807, 2.05) is 0 Å². The molecule has 1 heterocycles. The largest absolute Gasteiger partial charge is 0.503 e. The number of phenolic OH excluding ortho intramolecular Hbond substituents is 1. The van der Waals surface area contributed by atoms with Crippen molar-refractivity contribution in [3.8, 4) is 17.5 Å². The van der Waals surface area contributed by atoms with Crippen LogP contribution in [-0.2, 0) is 7.05 Å². The molecule has 1 aromatic carbocycles. The molecule has 7 nitrogen and oxygen atoms in total. The summed E-state index contributed by atoms with van der Waals surface area (Å²) in [6, 6.07) is 3.63. The first-order valence-corrected chi connectivity index (χ1v) is 7.79. The maximum Gasteiger partial charge on any atom is 0.352 e. The molecule has 1 aliphatic rings. The average Bonchev–Trinajstić information content (AvgIpc) is 2.80. The van der Waals surface area contributed by atoms with E-state index < -0.39 is 22.9 Å². The second-order valence-electron chi connectivity index (χ2n) is 6.00. The van der Waals surface area contributed by atoms with Crippen LogP contribution in [0.25, 0.3) is 5.69 Å². The maximum absolute atomic E-state index is 13.8. The summed E-state index contributed by atoms with van der Waals surface area (Å²) in [6.07, 6.45) is 4.42. The predicted octanol–water partition coefficient (Wildman–Crippen LogP) is 1.56. The van der Waals surface area contributed by atoms with E-state index in [0.717, 1.165) is 52.1 Å². The lowest BCUT2D eigenvalue weighted by atomic mass is 9.95. The first kappa shape index (κ1) is 16.1. The average molecular weight is 332 g/mol. The number of halogens is 1. The number of nitriles is 1. The van der Waals surface area contributed by atoms with Crippen molar-refractivity contribution in [3.63, 3.8) is 0 Å². The summed E-state index contributed by atoms with van der Waals surface area (Å²) < 4.78 is 16.9. The maximum atomic E-state index is 13.8. The number of aromatic hydroxyl groups is 1. The van der Waals surface area contributed by atoms with Gasteiger partial charge in [-0.1, -0.05) is 19.3 Å². The van der Waals surface area contributed by atoms with Crippen molar-refractivity contribution in [2.45, 2.75) is 38.1 Å². The van der Waals surface area contributed by atoms with E-state index in [1.165, 1.54) is 13.1 Å². The molecule has 3 rings (SSSR count). The smallest absolute Gasteiger partial charge is 0.352 e. The molecule has 126 valence electrons. The van der Waals surface area contributed by atoms with E-state index in [1.54, 1.807) is 6.07 Å². The van der Waals surface area contributed by atoms with Gasteiger partial charge in [0.05, 0.1) is 11.6 Å². The molecule has 0 saturated heterocycles. The van der Waals surface area contributed by atoms with Crippen LogP contribution < -0.4 is 11.4 Å². The Morgan fingerprint density at radius 3 is 2.50 bits per heavy atom. The summed E-state index contributed by atoms with van der Waals surface area (Å²) >= 11 is 0. The van der Waals surface area contributed by atoms with Gasteiger partial charge in [-0.2, -0.15) is 9.94 Å². The Hall–Kier alpha value is -2.82. The fourth-order valence-corrected chi connectivity index (χ4v) is 3.28. The minimum Gasteiger partial charge on any atom is -0.503 e. The van der Waals surface area contributed by atoms with Crippen molar-refractivity contribution < 1.29 is 9.50 Å². The highest BCUT2D eigenvalue weighted by Crippen LogP contribution is 2.28. The number of hydrogen-bond acceptors (Lipinski definition) is 4. The Bertz CT molecular complexity index is 942. The Balaban J connectivity index is 2.24. The summed E-state index contributed by atoms with van der Waals surface area (Å²) in [5, 5.41) is 18.9. The Morgan fingerprint density at radius 2 is 1.88 bits per heavy atom. The fourth-order valence-electron chi connectivity index (χ4n) is 3.28. The quantitative estimate of drug-likeness (QED) is 0.903. The molecule has 0 atom stereocenters. The highest BCUT2D eigenvalue weighted by molar-refractivity contribution is 5.51. The Kier molecular flexibility index (Phi) is 4.01. The van der Waals surface area contributed by atoms with Gasteiger partial charge < -0.3 is 5.11 Å². The lowest BCUT2D eigenvalue weighted by molar-refractivity contribution is 0.339. The monoisotopic (exact) mass is 332 g/mol. The zero-order valence-corrected chi connectivity index (χ0v) is 13.2. The molecule has 1 aromatic heterocycles. The third kappa shape index (κ3) is 2.42. The highest BCUT2D eigenvalue weighted by atomic mass is 19.1. The summed E-state index contributed by atoms with van der Waals surface area (Å²) in [7, 11) is 1.37. The van der Waals surface area contributed by atoms with Crippen LogP contribution in [0.1, 0.15) is 43.7 Å². The number of phenols is 1. The van der Waals surface area contributed by atoms with Gasteiger partial charge in [0.2, 0.25) is 0 Å². The molecule has 0 spiro atoms. The van der Waals surface area contributed by atoms with Gasteiger partial charge in [-0.15, -0.1) is 0 Å². The standard InChI is InChI=1S/C16H17FN4O3/c1-19-15(23)20(11-5-3-2-4-6-11)16(24)21(19)13-8-10(9-18)7-12(17)14(13)22/h7-8,11,22H,2-6H2,1H3. The van der Waals surface area contributed by atoms with Crippen LogP contribution in [0, 0.1) is 17.1 Å². The van der Waals surface area contributed by atoms with Crippen molar-refractivity contribution in [1.29, 1.82) is 5.26 Å². The molecule has 24 heavy (non-hydrogen) atoms. The lowest BCUT2D eigenvalue weighted by Crippen LogP contribution is -2.33. The summed E-state index contributed by atoms with van der Waals surface area (Å²) in [5.41, 5.74) is -1.43. The molecular formula is C16H17FN4O3. The zero-order valence-electron chi connectivity index (χ0n) is 13.2. The van der Waals surface area contributed by atoms with E-state index in [-0.39, 0.29) is 17.3 Å². The summed E-state index contributed by atoms with van der Waals surface area (Å²) in [6.45, 7) is 0. The van der Waals surface area contributed by atoms with E-state index in [4.69, 9.17) is 5.26 Å². The Morgan fingerprint density at radius 1 is 1.21 bits per heavy atom. The molecule has 0 radical (unpaired) electrons. The first-order chi connectivity index (χ1) is 11.5. The molecule has 0 unspecified atom stereocenters. The van der Waals surface area contributed by atoms with Crippen LogP contribution in [0.3, 0.4) is 0 Å². The molecule has 1 aliphatic carbocycles. The summed E-state index contributed by atoms with van der Waals surface area (Å²) in [5.74, 6) is -1.79.